The van der Waals surface area contributed by atoms with E-state index in [1.165, 1.54) is 0 Å². The molecule has 0 fully saturated rings. The number of rotatable bonds is 9. The molecule has 0 N–H and O–H groups in total. The second-order valence-corrected chi connectivity index (χ2v) is 4.48. The van der Waals surface area contributed by atoms with Gasteiger partial charge in [-0.2, -0.15) is 5.10 Å². The van der Waals surface area contributed by atoms with Gasteiger partial charge in [-0.05, 0) is 19.4 Å². The van der Waals surface area contributed by atoms with E-state index in [0.29, 0.717) is 11.7 Å². The SMILES string of the molecule is CCC(C)n1ccc(CC(=O)CCOCC(F)F)n1. The van der Waals surface area contributed by atoms with Crippen LogP contribution in [-0.2, 0) is 16.0 Å². The second kappa shape index (κ2) is 7.99. The molecule has 1 unspecified atom stereocenters. The Morgan fingerprint density at radius 3 is 2.89 bits per heavy atom. The van der Waals surface area contributed by atoms with Crippen molar-refractivity contribution in [1.29, 1.82) is 0 Å². The summed E-state index contributed by atoms with van der Waals surface area (Å²) in [5.74, 6) is -0.0522. The van der Waals surface area contributed by atoms with Gasteiger partial charge in [-0.25, -0.2) is 8.78 Å². The predicted octanol–water partition coefficient (Wildman–Crippen LogP) is 2.64. The molecule has 1 atom stereocenters. The fourth-order valence-electron chi connectivity index (χ4n) is 1.55. The highest BCUT2D eigenvalue weighted by Gasteiger charge is 2.09. The van der Waals surface area contributed by atoms with Crippen LogP contribution in [0.3, 0.4) is 0 Å². The van der Waals surface area contributed by atoms with Gasteiger partial charge in [-0.1, -0.05) is 6.92 Å². The molecule has 0 aliphatic carbocycles. The standard InChI is InChI=1S/C13H20F2N2O2/c1-3-10(2)17-6-4-11(16-17)8-12(18)5-7-19-9-13(14)15/h4,6,10,13H,3,5,7-9H2,1-2H3. The highest BCUT2D eigenvalue weighted by Crippen LogP contribution is 2.10. The Labute approximate surface area is 111 Å². The molecule has 0 saturated heterocycles. The summed E-state index contributed by atoms with van der Waals surface area (Å²) in [6.45, 7) is 3.54. The number of aromatic nitrogens is 2. The molecule has 19 heavy (non-hydrogen) atoms. The van der Waals surface area contributed by atoms with Crippen molar-refractivity contribution in [2.24, 2.45) is 0 Å². The number of halogens is 2. The minimum Gasteiger partial charge on any atom is -0.375 e. The smallest absolute Gasteiger partial charge is 0.261 e. The Morgan fingerprint density at radius 2 is 2.26 bits per heavy atom. The van der Waals surface area contributed by atoms with Crippen molar-refractivity contribution in [2.45, 2.75) is 45.6 Å². The van der Waals surface area contributed by atoms with Gasteiger partial charge in [0.2, 0.25) is 0 Å². The molecule has 1 aromatic heterocycles. The Bertz CT molecular complexity index is 394. The lowest BCUT2D eigenvalue weighted by Gasteiger charge is -2.08. The highest BCUT2D eigenvalue weighted by molar-refractivity contribution is 5.80. The first-order valence-electron chi connectivity index (χ1n) is 6.44. The van der Waals surface area contributed by atoms with E-state index in [4.69, 9.17) is 0 Å². The first kappa shape index (κ1) is 15.8. The molecule has 0 aliphatic rings. The van der Waals surface area contributed by atoms with Crippen molar-refractivity contribution in [3.05, 3.63) is 18.0 Å². The molecule has 4 nitrogen and oxygen atoms in total. The quantitative estimate of drug-likeness (QED) is 0.650. The lowest BCUT2D eigenvalue weighted by atomic mass is 10.2. The van der Waals surface area contributed by atoms with Crippen molar-refractivity contribution in [2.75, 3.05) is 13.2 Å². The number of ketones is 1. The average molecular weight is 274 g/mol. The van der Waals surface area contributed by atoms with Crippen LogP contribution in [0.4, 0.5) is 8.78 Å². The van der Waals surface area contributed by atoms with E-state index in [0.717, 1.165) is 6.42 Å². The number of carbonyl (C=O) groups excluding carboxylic acids is 1. The summed E-state index contributed by atoms with van der Waals surface area (Å²) in [4.78, 5) is 11.6. The predicted molar refractivity (Wildman–Crippen MR) is 67.4 cm³/mol. The maximum Gasteiger partial charge on any atom is 0.261 e. The number of hydrogen-bond donors (Lipinski definition) is 0. The molecule has 0 bridgehead atoms. The molecule has 0 saturated carbocycles. The number of carbonyl (C=O) groups is 1. The zero-order valence-corrected chi connectivity index (χ0v) is 11.3. The Hall–Kier alpha value is -1.30. The summed E-state index contributed by atoms with van der Waals surface area (Å²) >= 11 is 0. The summed E-state index contributed by atoms with van der Waals surface area (Å²) in [6.07, 6.45) is 0.701. The van der Waals surface area contributed by atoms with E-state index in [1.807, 2.05) is 16.9 Å². The average Bonchev–Trinajstić information content (AvgIpc) is 2.82. The van der Waals surface area contributed by atoms with Crippen molar-refractivity contribution in [3.63, 3.8) is 0 Å². The van der Waals surface area contributed by atoms with Crippen LogP contribution in [-0.4, -0.2) is 35.2 Å². The van der Waals surface area contributed by atoms with Gasteiger partial charge in [0.05, 0.1) is 18.7 Å². The van der Waals surface area contributed by atoms with Gasteiger partial charge in [-0.15, -0.1) is 0 Å². The van der Waals surface area contributed by atoms with Crippen molar-refractivity contribution in [1.82, 2.24) is 9.78 Å². The number of ether oxygens (including phenoxy) is 1. The maximum atomic E-state index is 11.8. The largest absolute Gasteiger partial charge is 0.375 e. The van der Waals surface area contributed by atoms with Crippen LogP contribution in [0.5, 0.6) is 0 Å². The summed E-state index contributed by atoms with van der Waals surface area (Å²) < 4.78 is 30.1. The lowest BCUT2D eigenvalue weighted by Crippen LogP contribution is -2.11. The maximum absolute atomic E-state index is 11.8. The van der Waals surface area contributed by atoms with E-state index < -0.39 is 13.0 Å². The zero-order valence-electron chi connectivity index (χ0n) is 11.3. The summed E-state index contributed by atoms with van der Waals surface area (Å²) in [7, 11) is 0. The Balaban J connectivity index is 2.30. The van der Waals surface area contributed by atoms with E-state index >= 15 is 0 Å². The number of hydrogen-bond acceptors (Lipinski definition) is 3. The fourth-order valence-corrected chi connectivity index (χ4v) is 1.55. The van der Waals surface area contributed by atoms with Crippen molar-refractivity contribution < 1.29 is 18.3 Å². The first-order valence-corrected chi connectivity index (χ1v) is 6.44. The summed E-state index contributed by atoms with van der Waals surface area (Å²) in [5, 5.41) is 4.31. The molecule has 6 heteroatoms. The molecule has 0 aliphatic heterocycles. The van der Waals surface area contributed by atoms with Gasteiger partial charge in [0, 0.05) is 18.7 Å². The van der Waals surface area contributed by atoms with Gasteiger partial charge in [-0.3, -0.25) is 9.48 Å². The van der Waals surface area contributed by atoms with Crippen molar-refractivity contribution >= 4 is 5.78 Å². The van der Waals surface area contributed by atoms with E-state index in [1.54, 1.807) is 0 Å². The van der Waals surface area contributed by atoms with Crippen LogP contribution in [0.25, 0.3) is 0 Å². The zero-order chi connectivity index (χ0) is 14.3. The highest BCUT2D eigenvalue weighted by atomic mass is 19.3. The second-order valence-electron chi connectivity index (χ2n) is 4.48. The van der Waals surface area contributed by atoms with Crippen LogP contribution in [0.1, 0.15) is 38.4 Å². The van der Waals surface area contributed by atoms with Crippen LogP contribution in [0, 0.1) is 0 Å². The van der Waals surface area contributed by atoms with Crippen LogP contribution in [0.2, 0.25) is 0 Å². The molecule has 1 heterocycles. The molecule has 1 rings (SSSR count). The minimum absolute atomic E-state index is 0.0369. The van der Waals surface area contributed by atoms with Crippen LogP contribution >= 0.6 is 0 Å². The fraction of sp³-hybridized carbons (Fsp3) is 0.692. The normalized spacial score (nSPS) is 12.9. The summed E-state index contributed by atoms with van der Waals surface area (Å²) in [5.41, 5.74) is 0.708. The van der Waals surface area contributed by atoms with Gasteiger partial charge in [0.15, 0.2) is 0 Å². The van der Waals surface area contributed by atoms with Gasteiger partial charge in [0.1, 0.15) is 12.4 Å². The lowest BCUT2D eigenvalue weighted by molar-refractivity contribution is -0.120. The minimum atomic E-state index is -2.48. The van der Waals surface area contributed by atoms with Crippen LogP contribution in [0.15, 0.2) is 12.3 Å². The summed E-state index contributed by atoms with van der Waals surface area (Å²) in [6, 6.07) is 2.11. The monoisotopic (exact) mass is 274 g/mol. The molecule has 108 valence electrons. The third-order valence-corrected chi connectivity index (χ3v) is 2.85. The Morgan fingerprint density at radius 1 is 1.53 bits per heavy atom. The van der Waals surface area contributed by atoms with E-state index in [2.05, 4.69) is 23.7 Å². The third kappa shape index (κ3) is 5.92. The van der Waals surface area contributed by atoms with Crippen molar-refractivity contribution in [3.8, 4) is 0 Å². The number of alkyl halides is 2. The topological polar surface area (TPSA) is 44.1 Å². The number of nitrogens with zero attached hydrogens (tertiary/aromatic N) is 2. The molecule has 0 aromatic carbocycles. The first-order chi connectivity index (χ1) is 9.02. The molecule has 0 radical (unpaired) electrons. The molecular weight excluding hydrogens is 254 g/mol. The number of Topliss-reactive ketones (excluding diaryl/α,β-unsaturated/α-hetero) is 1. The van der Waals surface area contributed by atoms with E-state index in [-0.39, 0.29) is 25.2 Å². The van der Waals surface area contributed by atoms with Gasteiger partial charge in [0.25, 0.3) is 6.43 Å². The molecular formula is C13H20F2N2O2. The third-order valence-electron chi connectivity index (χ3n) is 2.85. The van der Waals surface area contributed by atoms with Gasteiger partial charge >= 0.3 is 0 Å². The van der Waals surface area contributed by atoms with Crippen LogP contribution < -0.4 is 0 Å². The molecule has 1 aromatic rings. The molecule has 0 spiro atoms. The van der Waals surface area contributed by atoms with Gasteiger partial charge < -0.3 is 4.74 Å². The Kier molecular flexibility index (Phi) is 6.62. The van der Waals surface area contributed by atoms with E-state index in [9.17, 15) is 13.6 Å². The molecule has 0 amide bonds.